The summed E-state index contributed by atoms with van der Waals surface area (Å²) in [5, 5.41) is 10.7. The van der Waals surface area contributed by atoms with Crippen molar-refractivity contribution in [2.75, 3.05) is 0 Å². The molecule has 0 unspecified atom stereocenters. The highest BCUT2D eigenvalue weighted by atomic mass is 16.7. The van der Waals surface area contributed by atoms with Crippen LogP contribution in [0.3, 0.4) is 0 Å². The number of benzene rings is 2. The molecule has 1 spiro atoms. The molecule has 0 amide bonds. The normalized spacial score (nSPS) is 25.0. The maximum Gasteiger partial charge on any atom is 0.333 e. The van der Waals surface area contributed by atoms with Crippen LogP contribution in [0, 0.1) is 10.1 Å². The van der Waals surface area contributed by atoms with Crippen molar-refractivity contribution < 1.29 is 28.7 Å². The topological polar surface area (TPSA) is 105 Å². The molecule has 0 aliphatic carbocycles. The van der Waals surface area contributed by atoms with Crippen LogP contribution in [0.5, 0.6) is 0 Å². The van der Waals surface area contributed by atoms with Crippen LogP contribution in [-0.2, 0) is 23.8 Å². The summed E-state index contributed by atoms with van der Waals surface area (Å²) in [6.07, 6.45) is 4.48. The first-order valence-electron chi connectivity index (χ1n) is 9.22. The molecule has 8 heteroatoms. The molecule has 0 N–H and O–H groups in total. The highest BCUT2D eigenvalue weighted by molar-refractivity contribution is 5.87. The van der Waals surface area contributed by atoms with Gasteiger partial charge in [-0.3, -0.25) is 10.1 Å². The number of rotatable bonds is 5. The summed E-state index contributed by atoms with van der Waals surface area (Å²) in [5.41, 5.74) is 1.37. The summed E-state index contributed by atoms with van der Waals surface area (Å²) >= 11 is 0. The first-order chi connectivity index (χ1) is 14.4. The third-order valence-electron chi connectivity index (χ3n) is 4.81. The number of nitrogens with zero attached hydrogens (tertiary/aromatic N) is 1. The number of hydrogen-bond acceptors (Lipinski definition) is 7. The van der Waals surface area contributed by atoms with Gasteiger partial charge in [-0.1, -0.05) is 30.3 Å². The third-order valence-corrected chi connectivity index (χ3v) is 4.81. The molecular formula is C22H17NO7. The standard InChI is InChI=1S/C22H17NO7/c24-19(11-8-15-6-9-17(10-7-15)23(26)27)28-18-14-22(13-12-20(25)29-22)30-21(18)16-4-2-1-3-5-16/h1-13,18,21H,14H2/b11-8+/t18-,21-,22-/m0/s1. The van der Waals surface area contributed by atoms with Gasteiger partial charge < -0.3 is 14.2 Å². The van der Waals surface area contributed by atoms with E-state index in [1.165, 1.54) is 48.6 Å². The zero-order valence-corrected chi connectivity index (χ0v) is 15.7. The second kappa shape index (κ2) is 7.92. The van der Waals surface area contributed by atoms with Crippen molar-refractivity contribution in [3.63, 3.8) is 0 Å². The van der Waals surface area contributed by atoms with Gasteiger partial charge in [-0.2, -0.15) is 0 Å². The summed E-state index contributed by atoms with van der Waals surface area (Å²) in [4.78, 5) is 34.2. The number of esters is 2. The molecule has 0 radical (unpaired) electrons. The predicted octanol–water partition coefficient (Wildman–Crippen LogP) is 3.49. The molecule has 2 aliphatic rings. The zero-order valence-electron chi connectivity index (χ0n) is 15.7. The Hall–Kier alpha value is -3.78. The number of non-ortho nitro benzene ring substituents is 1. The first kappa shape index (κ1) is 19.5. The molecule has 152 valence electrons. The Balaban J connectivity index is 1.48. The molecule has 0 saturated carbocycles. The Morgan fingerprint density at radius 3 is 2.53 bits per heavy atom. The summed E-state index contributed by atoms with van der Waals surface area (Å²) in [6, 6.07) is 15.0. The minimum Gasteiger partial charge on any atom is -0.456 e. The Kier molecular flexibility index (Phi) is 5.16. The van der Waals surface area contributed by atoms with E-state index in [0.29, 0.717) is 5.56 Å². The van der Waals surface area contributed by atoms with Crippen LogP contribution in [0.1, 0.15) is 23.7 Å². The van der Waals surface area contributed by atoms with Gasteiger partial charge in [-0.25, -0.2) is 9.59 Å². The highest BCUT2D eigenvalue weighted by Crippen LogP contribution is 2.44. The lowest BCUT2D eigenvalue weighted by Crippen LogP contribution is -2.27. The van der Waals surface area contributed by atoms with E-state index in [4.69, 9.17) is 14.2 Å². The number of nitro benzene ring substituents is 1. The van der Waals surface area contributed by atoms with Crippen molar-refractivity contribution in [3.05, 3.63) is 94.1 Å². The number of nitro groups is 1. The summed E-state index contributed by atoms with van der Waals surface area (Å²) < 4.78 is 16.9. The smallest absolute Gasteiger partial charge is 0.333 e. The van der Waals surface area contributed by atoms with E-state index in [-0.39, 0.29) is 12.1 Å². The molecule has 0 aromatic heterocycles. The average Bonchev–Trinajstić information content (AvgIpc) is 3.29. The van der Waals surface area contributed by atoms with E-state index in [1.54, 1.807) is 0 Å². The molecule has 2 heterocycles. The van der Waals surface area contributed by atoms with Gasteiger partial charge >= 0.3 is 11.9 Å². The summed E-state index contributed by atoms with van der Waals surface area (Å²) in [6.45, 7) is 0. The molecule has 3 atom stereocenters. The Labute approximate surface area is 171 Å². The van der Waals surface area contributed by atoms with Crippen LogP contribution in [-0.4, -0.2) is 28.8 Å². The van der Waals surface area contributed by atoms with E-state index in [9.17, 15) is 19.7 Å². The van der Waals surface area contributed by atoms with Gasteiger partial charge in [-0.05, 0) is 35.4 Å². The number of carbonyl (C=O) groups excluding carboxylic acids is 2. The fourth-order valence-electron chi connectivity index (χ4n) is 3.42. The molecule has 2 aliphatic heterocycles. The fourth-order valence-corrected chi connectivity index (χ4v) is 3.42. The van der Waals surface area contributed by atoms with Gasteiger partial charge in [0, 0.05) is 24.3 Å². The van der Waals surface area contributed by atoms with E-state index >= 15 is 0 Å². The molecule has 0 bridgehead atoms. The van der Waals surface area contributed by atoms with Gasteiger partial charge in [0.2, 0.25) is 5.79 Å². The van der Waals surface area contributed by atoms with Crippen LogP contribution in [0.2, 0.25) is 0 Å². The van der Waals surface area contributed by atoms with Crippen molar-refractivity contribution in [2.45, 2.75) is 24.4 Å². The molecular weight excluding hydrogens is 390 g/mol. The molecule has 8 nitrogen and oxygen atoms in total. The molecule has 1 saturated heterocycles. The number of ether oxygens (including phenoxy) is 3. The monoisotopic (exact) mass is 407 g/mol. The van der Waals surface area contributed by atoms with Crippen molar-refractivity contribution in [1.29, 1.82) is 0 Å². The van der Waals surface area contributed by atoms with Crippen molar-refractivity contribution in [3.8, 4) is 0 Å². The van der Waals surface area contributed by atoms with Gasteiger partial charge in [0.05, 0.1) is 11.3 Å². The van der Waals surface area contributed by atoms with E-state index in [2.05, 4.69) is 0 Å². The van der Waals surface area contributed by atoms with Gasteiger partial charge in [0.1, 0.15) is 12.2 Å². The van der Waals surface area contributed by atoms with Gasteiger partial charge in [-0.15, -0.1) is 0 Å². The van der Waals surface area contributed by atoms with Crippen molar-refractivity contribution >= 4 is 23.7 Å². The van der Waals surface area contributed by atoms with Gasteiger partial charge in [0.25, 0.3) is 5.69 Å². The molecule has 30 heavy (non-hydrogen) atoms. The average molecular weight is 407 g/mol. The lowest BCUT2D eigenvalue weighted by Gasteiger charge is -2.21. The summed E-state index contributed by atoms with van der Waals surface area (Å²) in [7, 11) is 0. The Morgan fingerprint density at radius 2 is 1.90 bits per heavy atom. The van der Waals surface area contributed by atoms with Crippen LogP contribution in [0.25, 0.3) is 6.08 Å². The van der Waals surface area contributed by atoms with E-state index < -0.39 is 34.9 Å². The predicted molar refractivity (Wildman–Crippen MR) is 105 cm³/mol. The second-order valence-corrected chi connectivity index (χ2v) is 6.88. The largest absolute Gasteiger partial charge is 0.456 e. The van der Waals surface area contributed by atoms with E-state index in [1.807, 2.05) is 30.3 Å². The molecule has 2 aromatic rings. The minimum absolute atomic E-state index is 0.0343. The lowest BCUT2D eigenvalue weighted by atomic mass is 10.0. The maximum absolute atomic E-state index is 12.4. The lowest BCUT2D eigenvalue weighted by molar-refractivity contribution is -0.384. The highest BCUT2D eigenvalue weighted by Gasteiger charge is 2.52. The number of carbonyl (C=O) groups is 2. The van der Waals surface area contributed by atoms with Crippen LogP contribution < -0.4 is 0 Å². The zero-order chi connectivity index (χ0) is 21.1. The molecule has 2 aromatic carbocycles. The van der Waals surface area contributed by atoms with Crippen molar-refractivity contribution in [2.24, 2.45) is 0 Å². The third kappa shape index (κ3) is 4.13. The fraction of sp³-hybridized carbons (Fsp3) is 0.182. The Morgan fingerprint density at radius 1 is 1.17 bits per heavy atom. The summed E-state index contributed by atoms with van der Waals surface area (Å²) in [5.74, 6) is -2.36. The second-order valence-electron chi connectivity index (χ2n) is 6.88. The Bertz CT molecular complexity index is 1030. The minimum atomic E-state index is -1.25. The SMILES string of the molecule is O=C1C=C[C@]2(C[C@H](OC(=O)/C=C/c3ccc([N+](=O)[O-])cc3)[C@H](c3ccccc3)O2)O1. The van der Waals surface area contributed by atoms with Crippen LogP contribution >= 0.6 is 0 Å². The molecule has 4 rings (SSSR count). The van der Waals surface area contributed by atoms with Crippen molar-refractivity contribution in [1.82, 2.24) is 0 Å². The molecule has 1 fully saturated rings. The van der Waals surface area contributed by atoms with Crippen LogP contribution in [0.15, 0.2) is 72.8 Å². The first-order valence-corrected chi connectivity index (χ1v) is 9.22. The van der Waals surface area contributed by atoms with Gasteiger partial charge in [0.15, 0.2) is 0 Å². The number of hydrogen-bond donors (Lipinski definition) is 0. The van der Waals surface area contributed by atoms with E-state index in [0.717, 1.165) is 5.56 Å². The van der Waals surface area contributed by atoms with Crippen LogP contribution in [0.4, 0.5) is 5.69 Å². The maximum atomic E-state index is 12.4. The quantitative estimate of drug-likeness (QED) is 0.323.